The molecule has 36 heavy (non-hydrogen) atoms. The van der Waals surface area contributed by atoms with E-state index >= 15 is 0 Å². The molecule has 1 aliphatic rings. The van der Waals surface area contributed by atoms with Crippen LogP contribution in [0.15, 0.2) is 12.7 Å². The molecule has 1 aliphatic heterocycles. The summed E-state index contributed by atoms with van der Waals surface area (Å²) in [6.45, 7) is 5.87. The number of amides is 1. The average molecular weight is 579 g/mol. The largest absolute Gasteiger partial charge is 0.445 e. The van der Waals surface area contributed by atoms with E-state index in [1.165, 1.54) is 32.4 Å². The van der Waals surface area contributed by atoms with Crippen LogP contribution in [0, 0.1) is 0 Å². The molecule has 0 bridgehead atoms. The standard InChI is InChI=1S/C24H42Cl3NO8/c1-5-7-8-9-10-11-17(32-4)12-14-33-21-19(28-23(30)35-16-24(25,26)27)22(34-13-6-2)36-18(15-31-3)20(21)29/h6,17-22,29H,2,5,7-16H2,1,3-4H3,(H,28,30)/t17?,18?,19-,20?,21?,22?/m1/s1. The maximum absolute atomic E-state index is 12.4. The Morgan fingerprint density at radius 1 is 1.17 bits per heavy atom. The molecule has 1 saturated heterocycles. The molecular weight excluding hydrogens is 537 g/mol. The van der Waals surface area contributed by atoms with E-state index in [0.29, 0.717) is 6.42 Å². The van der Waals surface area contributed by atoms with E-state index in [-0.39, 0.29) is 25.9 Å². The van der Waals surface area contributed by atoms with E-state index < -0.39 is 47.1 Å². The number of ether oxygens (including phenoxy) is 6. The number of methoxy groups -OCH3 is 2. The predicted octanol–water partition coefficient (Wildman–Crippen LogP) is 4.54. The van der Waals surface area contributed by atoms with Gasteiger partial charge in [-0.2, -0.15) is 0 Å². The smallest absolute Gasteiger partial charge is 0.407 e. The number of aliphatic hydroxyl groups is 1. The second-order valence-corrected chi connectivity index (χ2v) is 11.2. The predicted molar refractivity (Wildman–Crippen MR) is 140 cm³/mol. The van der Waals surface area contributed by atoms with Gasteiger partial charge >= 0.3 is 6.09 Å². The van der Waals surface area contributed by atoms with Gasteiger partial charge in [-0.3, -0.25) is 0 Å². The second-order valence-electron chi connectivity index (χ2n) is 8.66. The first-order chi connectivity index (χ1) is 17.2. The molecule has 1 heterocycles. The number of unbranched alkanes of at least 4 members (excludes halogenated alkanes) is 4. The molecule has 0 aromatic rings. The molecule has 0 saturated carbocycles. The quantitative estimate of drug-likeness (QED) is 0.139. The number of carbonyl (C=O) groups is 1. The van der Waals surface area contributed by atoms with Crippen LogP contribution in [0.25, 0.3) is 0 Å². The summed E-state index contributed by atoms with van der Waals surface area (Å²) in [5, 5.41) is 13.6. The second kappa shape index (κ2) is 18.8. The summed E-state index contributed by atoms with van der Waals surface area (Å²) in [4.78, 5) is 12.4. The third-order valence-electron chi connectivity index (χ3n) is 5.75. The number of alkyl carbamates (subject to hydrolysis) is 1. The highest BCUT2D eigenvalue weighted by atomic mass is 35.6. The number of alkyl halides is 3. The van der Waals surface area contributed by atoms with Crippen LogP contribution < -0.4 is 5.32 Å². The highest BCUT2D eigenvalue weighted by Gasteiger charge is 2.47. The van der Waals surface area contributed by atoms with Crippen molar-refractivity contribution >= 4 is 40.9 Å². The number of carbonyl (C=O) groups excluding carboxylic acids is 1. The molecule has 1 amide bonds. The molecule has 5 unspecified atom stereocenters. The van der Waals surface area contributed by atoms with Gasteiger partial charge in [-0.15, -0.1) is 6.58 Å². The van der Waals surface area contributed by atoms with Crippen LogP contribution in [0.5, 0.6) is 0 Å². The number of nitrogens with one attached hydrogen (secondary N) is 1. The molecule has 1 fully saturated rings. The zero-order valence-corrected chi connectivity index (χ0v) is 23.7. The summed E-state index contributed by atoms with van der Waals surface area (Å²) in [7, 11) is 3.17. The lowest BCUT2D eigenvalue weighted by Crippen LogP contribution is -2.65. The van der Waals surface area contributed by atoms with Crippen molar-refractivity contribution < 1.29 is 38.3 Å². The zero-order chi connectivity index (χ0) is 27.0. The van der Waals surface area contributed by atoms with Gasteiger partial charge in [-0.05, 0) is 12.8 Å². The average Bonchev–Trinajstić information content (AvgIpc) is 2.83. The lowest BCUT2D eigenvalue weighted by molar-refractivity contribution is -0.275. The molecule has 212 valence electrons. The fourth-order valence-corrected chi connectivity index (χ4v) is 4.06. The Balaban J connectivity index is 2.87. The maximum Gasteiger partial charge on any atom is 0.407 e. The van der Waals surface area contributed by atoms with Gasteiger partial charge < -0.3 is 38.8 Å². The zero-order valence-electron chi connectivity index (χ0n) is 21.5. The molecule has 0 aromatic carbocycles. The third-order valence-corrected chi connectivity index (χ3v) is 6.07. The Morgan fingerprint density at radius 2 is 1.89 bits per heavy atom. The van der Waals surface area contributed by atoms with Crippen LogP contribution in [0.4, 0.5) is 4.79 Å². The highest BCUT2D eigenvalue weighted by Crippen LogP contribution is 2.28. The minimum atomic E-state index is -1.77. The summed E-state index contributed by atoms with van der Waals surface area (Å²) in [6.07, 6.45) is 4.36. The number of halogens is 3. The van der Waals surface area contributed by atoms with E-state index in [9.17, 15) is 9.90 Å². The summed E-state index contributed by atoms with van der Waals surface area (Å²) >= 11 is 17.0. The van der Waals surface area contributed by atoms with Crippen molar-refractivity contribution in [3.8, 4) is 0 Å². The Kier molecular flexibility index (Phi) is 17.6. The summed E-state index contributed by atoms with van der Waals surface area (Å²) in [6, 6.07) is -0.925. The molecule has 0 aromatic heterocycles. The topological polar surface area (TPSA) is 105 Å². The van der Waals surface area contributed by atoms with Crippen LogP contribution in [0.3, 0.4) is 0 Å². The van der Waals surface area contributed by atoms with Crippen molar-refractivity contribution in [1.29, 1.82) is 0 Å². The molecule has 1 rings (SSSR count). The summed E-state index contributed by atoms with van der Waals surface area (Å²) in [5.41, 5.74) is 0. The van der Waals surface area contributed by atoms with E-state index in [0.717, 1.165) is 19.3 Å². The van der Waals surface area contributed by atoms with Crippen LogP contribution in [-0.2, 0) is 28.4 Å². The summed E-state index contributed by atoms with van der Waals surface area (Å²) in [5.74, 6) is 0. The highest BCUT2D eigenvalue weighted by molar-refractivity contribution is 6.67. The minimum Gasteiger partial charge on any atom is -0.445 e. The number of rotatable bonds is 18. The molecular formula is C24H42Cl3NO8. The normalized spacial score (nSPS) is 25.4. The van der Waals surface area contributed by atoms with Gasteiger partial charge in [0.25, 0.3) is 0 Å². The number of hydrogen-bond donors (Lipinski definition) is 2. The van der Waals surface area contributed by atoms with E-state index in [1.54, 1.807) is 7.11 Å². The minimum absolute atomic E-state index is 0.0202. The van der Waals surface area contributed by atoms with Crippen molar-refractivity contribution in [3.63, 3.8) is 0 Å². The summed E-state index contributed by atoms with van der Waals surface area (Å²) < 4.78 is 31.7. The van der Waals surface area contributed by atoms with E-state index in [2.05, 4.69) is 18.8 Å². The molecule has 9 nitrogen and oxygen atoms in total. The van der Waals surface area contributed by atoms with Gasteiger partial charge in [0, 0.05) is 20.8 Å². The molecule has 2 N–H and O–H groups in total. The van der Waals surface area contributed by atoms with Gasteiger partial charge in [0.2, 0.25) is 3.79 Å². The molecule has 0 radical (unpaired) electrons. The molecule has 6 atom stereocenters. The number of aliphatic hydroxyl groups excluding tert-OH is 1. The SMILES string of the molecule is C=CCOC1OC(COC)C(O)C(OCCC(CCCCCCC)OC)[C@H]1NC(=O)OCC(Cl)(Cl)Cl. The van der Waals surface area contributed by atoms with Crippen molar-refractivity contribution in [2.45, 2.75) is 92.4 Å². The van der Waals surface area contributed by atoms with Crippen molar-refractivity contribution in [2.75, 3.05) is 40.6 Å². The number of hydrogen-bond acceptors (Lipinski definition) is 8. The van der Waals surface area contributed by atoms with Crippen LogP contribution >= 0.6 is 34.8 Å². The van der Waals surface area contributed by atoms with Crippen LogP contribution in [-0.4, -0.2) is 92.4 Å². The van der Waals surface area contributed by atoms with Gasteiger partial charge in [0.15, 0.2) is 6.29 Å². The van der Waals surface area contributed by atoms with Crippen LogP contribution in [0.2, 0.25) is 0 Å². The third kappa shape index (κ3) is 13.4. The van der Waals surface area contributed by atoms with Crippen molar-refractivity contribution in [3.05, 3.63) is 12.7 Å². The van der Waals surface area contributed by atoms with Gasteiger partial charge in [0.1, 0.15) is 31.0 Å². The first-order valence-electron chi connectivity index (χ1n) is 12.4. The van der Waals surface area contributed by atoms with E-state index in [4.69, 9.17) is 63.2 Å². The van der Waals surface area contributed by atoms with E-state index in [1.807, 2.05) is 0 Å². The van der Waals surface area contributed by atoms with Gasteiger partial charge in [-0.1, -0.05) is 79.9 Å². The Morgan fingerprint density at radius 3 is 2.50 bits per heavy atom. The molecule has 0 aliphatic carbocycles. The van der Waals surface area contributed by atoms with Crippen molar-refractivity contribution in [2.24, 2.45) is 0 Å². The van der Waals surface area contributed by atoms with Gasteiger partial charge in [-0.25, -0.2) is 4.79 Å². The van der Waals surface area contributed by atoms with Crippen LogP contribution in [0.1, 0.15) is 51.9 Å². The first kappa shape index (κ1) is 33.7. The first-order valence-corrected chi connectivity index (χ1v) is 13.5. The maximum atomic E-state index is 12.4. The fourth-order valence-electron chi connectivity index (χ4n) is 3.89. The monoisotopic (exact) mass is 577 g/mol. The lowest BCUT2D eigenvalue weighted by Gasteiger charge is -2.44. The van der Waals surface area contributed by atoms with Gasteiger partial charge in [0.05, 0.1) is 19.3 Å². The Hall–Kier alpha value is -0.360. The lowest BCUT2D eigenvalue weighted by atomic mass is 9.96. The Bertz CT molecular complexity index is 610. The molecule has 0 spiro atoms. The molecule has 12 heteroatoms. The van der Waals surface area contributed by atoms with Crippen molar-refractivity contribution in [1.82, 2.24) is 5.32 Å². The fraction of sp³-hybridized carbons (Fsp3) is 0.875. The Labute approximate surface area is 230 Å².